The zero-order valence-electron chi connectivity index (χ0n) is 17.0. The van der Waals surface area contributed by atoms with Crippen molar-refractivity contribution in [1.29, 1.82) is 0 Å². The van der Waals surface area contributed by atoms with Gasteiger partial charge in [0.1, 0.15) is 17.2 Å². The number of benzene rings is 2. The van der Waals surface area contributed by atoms with Gasteiger partial charge in [0, 0.05) is 24.2 Å². The molecule has 0 saturated heterocycles. The third kappa shape index (κ3) is 3.67. The molecule has 0 spiro atoms. The Morgan fingerprint density at radius 2 is 1.77 bits per heavy atom. The minimum atomic E-state index is -0.728. The van der Waals surface area contributed by atoms with Crippen molar-refractivity contribution in [1.82, 2.24) is 14.7 Å². The first-order valence-corrected chi connectivity index (χ1v) is 9.82. The molecule has 9 heteroatoms. The van der Waals surface area contributed by atoms with Crippen molar-refractivity contribution in [3.8, 4) is 28.7 Å². The highest BCUT2D eigenvalue weighted by atomic mass is 32.1. The van der Waals surface area contributed by atoms with Crippen molar-refractivity contribution < 1.29 is 23.7 Å². The van der Waals surface area contributed by atoms with Gasteiger partial charge in [-0.05, 0) is 36.5 Å². The SMILES string of the molecule is COc1ccccc1-c1nn(CN2Cc3c(OC)ccc(OC)c3C(O)C2)c(=S)o1. The molecular weight excluding hydrogens is 406 g/mol. The molecule has 2 heterocycles. The highest BCUT2D eigenvalue weighted by Crippen LogP contribution is 2.39. The van der Waals surface area contributed by atoms with Crippen molar-refractivity contribution in [3.63, 3.8) is 0 Å². The first-order chi connectivity index (χ1) is 14.5. The van der Waals surface area contributed by atoms with E-state index in [1.807, 2.05) is 41.3 Å². The van der Waals surface area contributed by atoms with E-state index in [2.05, 4.69) is 5.10 Å². The molecule has 1 aromatic heterocycles. The Labute approximate surface area is 179 Å². The van der Waals surface area contributed by atoms with E-state index in [-0.39, 0.29) is 4.84 Å². The van der Waals surface area contributed by atoms with Crippen LogP contribution in [0.5, 0.6) is 17.2 Å². The highest BCUT2D eigenvalue weighted by molar-refractivity contribution is 7.71. The molecule has 0 fully saturated rings. The van der Waals surface area contributed by atoms with E-state index < -0.39 is 6.10 Å². The Morgan fingerprint density at radius 1 is 1.07 bits per heavy atom. The zero-order chi connectivity index (χ0) is 21.3. The maximum atomic E-state index is 10.8. The molecule has 1 unspecified atom stereocenters. The number of ether oxygens (including phenoxy) is 3. The number of aliphatic hydroxyl groups excluding tert-OH is 1. The number of hydrogen-bond donors (Lipinski definition) is 1. The average molecular weight is 429 g/mol. The molecule has 4 rings (SSSR count). The van der Waals surface area contributed by atoms with E-state index in [9.17, 15) is 5.11 Å². The van der Waals surface area contributed by atoms with Crippen LogP contribution < -0.4 is 14.2 Å². The first-order valence-electron chi connectivity index (χ1n) is 9.41. The molecule has 1 aliphatic heterocycles. The van der Waals surface area contributed by atoms with Gasteiger partial charge in [-0.15, -0.1) is 5.10 Å². The predicted octanol–water partition coefficient (Wildman–Crippen LogP) is 3.41. The van der Waals surface area contributed by atoms with Crippen LogP contribution in [-0.2, 0) is 13.2 Å². The summed E-state index contributed by atoms with van der Waals surface area (Å²) in [5.74, 6) is 2.39. The van der Waals surface area contributed by atoms with Gasteiger partial charge in [-0.3, -0.25) is 4.90 Å². The summed E-state index contributed by atoms with van der Waals surface area (Å²) in [5.41, 5.74) is 2.36. The van der Waals surface area contributed by atoms with Crippen LogP contribution in [0.25, 0.3) is 11.5 Å². The van der Waals surface area contributed by atoms with Gasteiger partial charge in [-0.25, -0.2) is 4.68 Å². The molecule has 0 bridgehead atoms. The second-order valence-corrected chi connectivity index (χ2v) is 7.25. The van der Waals surface area contributed by atoms with Crippen LogP contribution in [0.3, 0.4) is 0 Å². The molecule has 0 radical (unpaired) electrons. The van der Waals surface area contributed by atoms with Gasteiger partial charge in [-0.1, -0.05) is 12.1 Å². The van der Waals surface area contributed by atoms with Crippen LogP contribution in [0, 0.1) is 4.84 Å². The summed E-state index contributed by atoms with van der Waals surface area (Å²) in [6.07, 6.45) is -0.728. The van der Waals surface area contributed by atoms with Gasteiger partial charge in [0.25, 0.3) is 10.7 Å². The number of para-hydroxylation sites is 1. The van der Waals surface area contributed by atoms with E-state index in [0.717, 1.165) is 16.7 Å². The standard InChI is InChI=1S/C21H23N3O5S/c1-26-16-7-5-4-6-13(16)20-22-24(21(30)29-20)12-23-10-14-17(27-2)8-9-18(28-3)19(14)15(25)11-23/h4-9,15,25H,10-12H2,1-3H3. The predicted molar refractivity (Wildman–Crippen MR) is 112 cm³/mol. The Bertz CT molecular complexity index is 1110. The van der Waals surface area contributed by atoms with Crippen LogP contribution in [0.2, 0.25) is 0 Å². The van der Waals surface area contributed by atoms with Crippen LogP contribution in [0.4, 0.5) is 0 Å². The summed E-state index contributed by atoms with van der Waals surface area (Å²) in [6.45, 7) is 1.30. The minimum Gasteiger partial charge on any atom is -0.496 e. The third-order valence-electron chi connectivity index (χ3n) is 5.14. The number of aromatic nitrogens is 2. The van der Waals surface area contributed by atoms with Gasteiger partial charge in [0.15, 0.2) is 0 Å². The summed E-state index contributed by atoms with van der Waals surface area (Å²) >= 11 is 5.38. The normalized spacial score (nSPS) is 16.2. The number of hydrogen-bond acceptors (Lipinski definition) is 8. The van der Waals surface area contributed by atoms with Crippen molar-refractivity contribution in [3.05, 3.63) is 52.4 Å². The van der Waals surface area contributed by atoms with E-state index in [1.54, 1.807) is 26.0 Å². The Morgan fingerprint density at radius 3 is 2.50 bits per heavy atom. The van der Waals surface area contributed by atoms with Crippen LogP contribution in [0.1, 0.15) is 17.2 Å². The maximum Gasteiger partial charge on any atom is 0.288 e. The largest absolute Gasteiger partial charge is 0.496 e. The van der Waals surface area contributed by atoms with Gasteiger partial charge in [0.2, 0.25) is 0 Å². The molecule has 8 nitrogen and oxygen atoms in total. The zero-order valence-corrected chi connectivity index (χ0v) is 17.8. The lowest BCUT2D eigenvalue weighted by atomic mass is 9.95. The number of fused-ring (bicyclic) bond motifs is 1. The molecule has 2 aromatic carbocycles. The Balaban J connectivity index is 1.63. The summed E-state index contributed by atoms with van der Waals surface area (Å²) in [7, 11) is 4.80. The lowest BCUT2D eigenvalue weighted by molar-refractivity contribution is 0.0665. The van der Waals surface area contributed by atoms with Crippen LogP contribution >= 0.6 is 12.2 Å². The number of rotatable bonds is 6. The van der Waals surface area contributed by atoms with E-state index in [1.165, 1.54) is 0 Å². The van der Waals surface area contributed by atoms with Crippen molar-refractivity contribution in [2.75, 3.05) is 27.9 Å². The quantitative estimate of drug-likeness (QED) is 0.597. The Hall–Kier alpha value is -2.88. The smallest absolute Gasteiger partial charge is 0.288 e. The Kier molecular flexibility index (Phi) is 5.76. The molecule has 0 saturated carbocycles. The van der Waals surface area contributed by atoms with Crippen LogP contribution in [-0.4, -0.2) is 47.7 Å². The molecule has 158 valence electrons. The molecular formula is C21H23N3O5S. The maximum absolute atomic E-state index is 10.8. The summed E-state index contributed by atoms with van der Waals surface area (Å²) in [4.78, 5) is 2.27. The molecule has 1 atom stereocenters. The average Bonchev–Trinajstić information content (AvgIpc) is 3.12. The van der Waals surface area contributed by atoms with Gasteiger partial charge >= 0.3 is 0 Å². The minimum absolute atomic E-state index is 0.244. The van der Waals surface area contributed by atoms with E-state index in [4.69, 9.17) is 30.8 Å². The van der Waals surface area contributed by atoms with Gasteiger partial charge < -0.3 is 23.7 Å². The third-order valence-corrected chi connectivity index (χ3v) is 5.43. The molecule has 1 N–H and O–H groups in total. The first kappa shape index (κ1) is 20.4. The van der Waals surface area contributed by atoms with E-state index in [0.29, 0.717) is 42.9 Å². The topological polar surface area (TPSA) is 82.1 Å². The fraction of sp³-hybridized carbons (Fsp3) is 0.333. The summed E-state index contributed by atoms with van der Waals surface area (Å²) in [5, 5.41) is 15.3. The molecule has 0 aliphatic carbocycles. The van der Waals surface area contributed by atoms with Gasteiger partial charge in [-0.2, -0.15) is 0 Å². The monoisotopic (exact) mass is 429 g/mol. The molecule has 3 aromatic rings. The number of β-amino-alcohol motifs (C(OH)–C–C–N with tert-alkyl or cyclic N) is 1. The second kappa shape index (κ2) is 8.47. The summed E-state index contributed by atoms with van der Waals surface area (Å²) < 4.78 is 23.6. The lowest BCUT2D eigenvalue weighted by Crippen LogP contribution is -2.35. The summed E-state index contributed by atoms with van der Waals surface area (Å²) in [6, 6.07) is 11.1. The van der Waals surface area contributed by atoms with Crippen LogP contribution in [0.15, 0.2) is 40.8 Å². The van der Waals surface area contributed by atoms with Gasteiger partial charge in [0.05, 0.1) is 39.7 Å². The fourth-order valence-electron chi connectivity index (χ4n) is 3.77. The molecule has 30 heavy (non-hydrogen) atoms. The fourth-order valence-corrected chi connectivity index (χ4v) is 3.95. The number of methoxy groups -OCH3 is 3. The second-order valence-electron chi connectivity index (χ2n) is 6.90. The van der Waals surface area contributed by atoms with Crippen molar-refractivity contribution >= 4 is 12.2 Å². The number of aliphatic hydroxyl groups is 1. The number of nitrogens with zero attached hydrogens (tertiary/aromatic N) is 3. The van der Waals surface area contributed by atoms with E-state index >= 15 is 0 Å². The molecule has 1 aliphatic rings. The lowest BCUT2D eigenvalue weighted by Gasteiger charge is -2.33. The highest BCUT2D eigenvalue weighted by Gasteiger charge is 2.30. The van der Waals surface area contributed by atoms with Crippen molar-refractivity contribution in [2.45, 2.75) is 19.3 Å². The molecule has 0 amide bonds. The van der Waals surface area contributed by atoms with Crippen molar-refractivity contribution in [2.24, 2.45) is 0 Å².